The molecule has 0 saturated carbocycles. The van der Waals surface area contributed by atoms with Crippen LogP contribution in [-0.4, -0.2) is 23.6 Å². The Bertz CT molecular complexity index is 1200. The van der Waals surface area contributed by atoms with Gasteiger partial charge in [0.25, 0.3) is 5.91 Å². The molecule has 1 aromatic heterocycles. The van der Waals surface area contributed by atoms with Gasteiger partial charge in [0.15, 0.2) is 0 Å². The average molecular weight is 416 g/mol. The van der Waals surface area contributed by atoms with Crippen LogP contribution in [0.4, 0.5) is 5.69 Å². The number of ether oxygens (including phenoxy) is 1. The number of carboxylic acids is 1. The molecule has 0 unspecified atom stereocenters. The maximum absolute atomic E-state index is 12.5. The molecule has 2 aromatic carbocycles. The van der Waals surface area contributed by atoms with Gasteiger partial charge in [0, 0.05) is 23.4 Å². The molecule has 156 valence electrons. The molecule has 0 bridgehead atoms. The van der Waals surface area contributed by atoms with Crippen LogP contribution in [0.25, 0.3) is 17.4 Å². The third-order valence-electron chi connectivity index (χ3n) is 4.42. The van der Waals surface area contributed by atoms with Crippen molar-refractivity contribution in [2.45, 2.75) is 13.8 Å². The van der Waals surface area contributed by atoms with E-state index in [2.05, 4.69) is 5.32 Å². The van der Waals surface area contributed by atoms with Gasteiger partial charge in [0.2, 0.25) is 0 Å². The zero-order valence-electron chi connectivity index (χ0n) is 17.0. The molecule has 3 rings (SSSR count). The van der Waals surface area contributed by atoms with Gasteiger partial charge in [-0.05, 0) is 55.8 Å². The molecular formula is C24H20N2O5. The second-order valence-corrected chi connectivity index (χ2v) is 6.62. The Hall–Kier alpha value is -4.31. The van der Waals surface area contributed by atoms with Crippen molar-refractivity contribution >= 4 is 23.6 Å². The molecule has 0 spiro atoms. The highest BCUT2D eigenvalue weighted by atomic mass is 16.5. The quantitative estimate of drug-likeness (QED) is 0.418. The lowest BCUT2D eigenvalue weighted by atomic mass is 10.0. The van der Waals surface area contributed by atoms with E-state index >= 15 is 0 Å². The first-order valence-corrected chi connectivity index (χ1v) is 9.51. The standard InChI is InChI=1S/C24H20N2O5/c1-3-30-19-6-4-5-18(13-19)26-23(27)17(14-25)12-20-8-10-22(31-20)21-9-7-16(24(28)29)11-15(21)2/h4-13H,3H2,1-2H3,(H,26,27)(H,28,29)/b17-12-. The number of aromatic carboxylic acids is 1. The molecule has 7 heteroatoms. The van der Waals surface area contributed by atoms with Crippen molar-refractivity contribution in [2.75, 3.05) is 11.9 Å². The topological polar surface area (TPSA) is 113 Å². The summed E-state index contributed by atoms with van der Waals surface area (Å²) >= 11 is 0. The van der Waals surface area contributed by atoms with Gasteiger partial charge in [-0.25, -0.2) is 4.79 Å². The number of rotatable bonds is 7. The number of benzene rings is 2. The summed E-state index contributed by atoms with van der Waals surface area (Å²) < 4.78 is 11.2. The summed E-state index contributed by atoms with van der Waals surface area (Å²) in [5.41, 5.74) is 2.02. The number of anilines is 1. The number of carboxylic acid groups (broad SMARTS) is 1. The number of nitriles is 1. The summed E-state index contributed by atoms with van der Waals surface area (Å²) in [5, 5.41) is 21.2. The number of carbonyl (C=O) groups excluding carboxylic acids is 1. The van der Waals surface area contributed by atoms with Crippen LogP contribution < -0.4 is 10.1 Å². The van der Waals surface area contributed by atoms with Gasteiger partial charge in [0.1, 0.15) is 28.9 Å². The van der Waals surface area contributed by atoms with Crippen molar-refractivity contribution in [1.82, 2.24) is 0 Å². The molecule has 0 aliphatic carbocycles. The van der Waals surface area contributed by atoms with Crippen LogP contribution in [0.2, 0.25) is 0 Å². The number of hydrogen-bond donors (Lipinski definition) is 2. The number of furan rings is 1. The Balaban J connectivity index is 1.80. The third kappa shape index (κ3) is 5.19. The maximum atomic E-state index is 12.5. The first-order chi connectivity index (χ1) is 14.9. The van der Waals surface area contributed by atoms with Crippen molar-refractivity contribution in [3.8, 4) is 23.1 Å². The zero-order chi connectivity index (χ0) is 22.4. The first kappa shape index (κ1) is 21.4. The van der Waals surface area contributed by atoms with Crippen LogP contribution >= 0.6 is 0 Å². The van der Waals surface area contributed by atoms with E-state index in [4.69, 9.17) is 14.3 Å². The molecule has 0 saturated heterocycles. The van der Waals surface area contributed by atoms with E-state index < -0.39 is 11.9 Å². The van der Waals surface area contributed by atoms with Crippen LogP contribution in [-0.2, 0) is 4.79 Å². The second kappa shape index (κ2) is 9.46. The van der Waals surface area contributed by atoms with Crippen molar-refractivity contribution in [3.63, 3.8) is 0 Å². The van der Waals surface area contributed by atoms with Crippen molar-refractivity contribution < 1.29 is 23.8 Å². The maximum Gasteiger partial charge on any atom is 0.335 e. The SMILES string of the molecule is CCOc1cccc(NC(=O)/C(C#N)=C\c2ccc(-c3ccc(C(=O)O)cc3C)o2)c1. The van der Waals surface area contributed by atoms with Crippen LogP contribution in [0.1, 0.15) is 28.6 Å². The highest BCUT2D eigenvalue weighted by Gasteiger charge is 2.13. The first-order valence-electron chi connectivity index (χ1n) is 9.51. The number of amides is 1. The van der Waals surface area contributed by atoms with E-state index in [1.54, 1.807) is 55.5 Å². The van der Waals surface area contributed by atoms with E-state index in [1.807, 2.05) is 13.0 Å². The molecule has 1 heterocycles. The van der Waals surface area contributed by atoms with E-state index in [0.29, 0.717) is 29.6 Å². The Morgan fingerprint density at radius 1 is 1.19 bits per heavy atom. The molecule has 31 heavy (non-hydrogen) atoms. The van der Waals surface area contributed by atoms with Crippen molar-refractivity contribution in [1.29, 1.82) is 5.26 Å². The van der Waals surface area contributed by atoms with Gasteiger partial charge < -0.3 is 19.6 Å². The predicted molar refractivity (Wildman–Crippen MR) is 116 cm³/mol. The Morgan fingerprint density at radius 3 is 2.68 bits per heavy atom. The molecule has 0 aliphatic rings. The number of hydrogen-bond acceptors (Lipinski definition) is 5. The number of aryl methyl sites for hydroxylation is 1. The van der Waals surface area contributed by atoms with Crippen LogP contribution in [0.15, 0.2) is 64.6 Å². The summed E-state index contributed by atoms with van der Waals surface area (Å²) in [5.74, 6) is -0.137. The van der Waals surface area contributed by atoms with Gasteiger partial charge in [-0.15, -0.1) is 0 Å². The number of carbonyl (C=O) groups is 2. The minimum Gasteiger partial charge on any atom is -0.494 e. The zero-order valence-corrected chi connectivity index (χ0v) is 17.0. The minimum absolute atomic E-state index is 0.124. The fourth-order valence-electron chi connectivity index (χ4n) is 2.97. The lowest BCUT2D eigenvalue weighted by molar-refractivity contribution is -0.112. The van der Waals surface area contributed by atoms with E-state index in [-0.39, 0.29) is 11.1 Å². The van der Waals surface area contributed by atoms with Crippen LogP contribution in [0, 0.1) is 18.3 Å². The minimum atomic E-state index is -1.01. The second-order valence-electron chi connectivity index (χ2n) is 6.62. The highest BCUT2D eigenvalue weighted by molar-refractivity contribution is 6.09. The van der Waals surface area contributed by atoms with Gasteiger partial charge in [-0.1, -0.05) is 12.1 Å². The van der Waals surface area contributed by atoms with E-state index in [1.165, 1.54) is 12.1 Å². The lowest BCUT2D eigenvalue weighted by Gasteiger charge is -2.07. The van der Waals surface area contributed by atoms with Crippen LogP contribution in [0.5, 0.6) is 5.75 Å². The summed E-state index contributed by atoms with van der Waals surface area (Å²) in [6, 6.07) is 16.8. The molecule has 7 nitrogen and oxygen atoms in total. The predicted octanol–water partition coefficient (Wildman–Crippen LogP) is 4.90. The molecule has 0 fully saturated rings. The Kier molecular flexibility index (Phi) is 6.53. The number of nitrogens with one attached hydrogen (secondary N) is 1. The summed E-state index contributed by atoms with van der Waals surface area (Å²) in [6.45, 7) is 4.14. The summed E-state index contributed by atoms with van der Waals surface area (Å²) in [4.78, 5) is 23.6. The normalized spacial score (nSPS) is 10.9. The van der Waals surface area contributed by atoms with Crippen molar-refractivity contribution in [2.24, 2.45) is 0 Å². The number of nitrogens with zero attached hydrogens (tertiary/aromatic N) is 1. The highest BCUT2D eigenvalue weighted by Crippen LogP contribution is 2.27. The van der Waals surface area contributed by atoms with Gasteiger partial charge >= 0.3 is 5.97 Å². The largest absolute Gasteiger partial charge is 0.494 e. The van der Waals surface area contributed by atoms with Gasteiger partial charge in [-0.2, -0.15) is 5.26 Å². The van der Waals surface area contributed by atoms with Crippen molar-refractivity contribution in [3.05, 3.63) is 77.1 Å². The molecule has 0 radical (unpaired) electrons. The molecule has 0 atom stereocenters. The molecular weight excluding hydrogens is 396 g/mol. The fraction of sp³-hybridized carbons (Fsp3) is 0.125. The van der Waals surface area contributed by atoms with Crippen LogP contribution in [0.3, 0.4) is 0 Å². The molecule has 3 aromatic rings. The summed E-state index contributed by atoms with van der Waals surface area (Å²) in [6.07, 6.45) is 1.35. The van der Waals surface area contributed by atoms with E-state index in [0.717, 1.165) is 11.1 Å². The molecule has 1 amide bonds. The molecule has 2 N–H and O–H groups in total. The smallest absolute Gasteiger partial charge is 0.335 e. The van der Waals surface area contributed by atoms with E-state index in [9.17, 15) is 14.9 Å². The fourth-order valence-corrected chi connectivity index (χ4v) is 2.97. The molecule has 0 aliphatic heterocycles. The third-order valence-corrected chi connectivity index (χ3v) is 4.42. The monoisotopic (exact) mass is 416 g/mol. The average Bonchev–Trinajstić information content (AvgIpc) is 3.20. The van der Waals surface area contributed by atoms with Gasteiger partial charge in [-0.3, -0.25) is 4.79 Å². The summed E-state index contributed by atoms with van der Waals surface area (Å²) in [7, 11) is 0. The Labute approximate surface area is 179 Å². The Morgan fingerprint density at radius 2 is 2.00 bits per heavy atom. The van der Waals surface area contributed by atoms with Gasteiger partial charge in [0.05, 0.1) is 12.2 Å². The lowest BCUT2D eigenvalue weighted by Crippen LogP contribution is -2.13.